The van der Waals surface area contributed by atoms with Crippen molar-refractivity contribution in [1.29, 1.82) is 0 Å². The number of rotatable bonds is 6. The zero-order valence-corrected chi connectivity index (χ0v) is 15.3. The fourth-order valence-electron chi connectivity index (χ4n) is 2.76. The standard InChI is InChI=1S/C19H25N5O2/c1-14-3-4-16(11-15(14)2)23-18-12-17(21-13-22-18)19(25)20-5-6-24-7-9-26-10-8-24/h3-4,11-13H,5-10H2,1-2H3,(H,20,25)(H,21,22,23). The number of nitrogens with zero attached hydrogens (tertiary/aromatic N) is 3. The molecule has 138 valence electrons. The number of benzene rings is 1. The van der Waals surface area contributed by atoms with Crippen LogP contribution in [0.15, 0.2) is 30.6 Å². The van der Waals surface area contributed by atoms with Crippen LogP contribution < -0.4 is 10.6 Å². The van der Waals surface area contributed by atoms with E-state index >= 15 is 0 Å². The van der Waals surface area contributed by atoms with Gasteiger partial charge >= 0.3 is 0 Å². The van der Waals surface area contributed by atoms with Gasteiger partial charge in [0.2, 0.25) is 0 Å². The highest BCUT2D eigenvalue weighted by molar-refractivity contribution is 5.92. The molecule has 2 heterocycles. The van der Waals surface area contributed by atoms with Gasteiger partial charge in [-0.05, 0) is 37.1 Å². The van der Waals surface area contributed by atoms with E-state index in [1.807, 2.05) is 6.07 Å². The molecule has 0 radical (unpaired) electrons. The molecule has 1 amide bonds. The summed E-state index contributed by atoms with van der Waals surface area (Å²) >= 11 is 0. The van der Waals surface area contributed by atoms with Gasteiger partial charge in [-0.3, -0.25) is 9.69 Å². The molecule has 0 spiro atoms. The minimum absolute atomic E-state index is 0.191. The smallest absolute Gasteiger partial charge is 0.270 e. The highest BCUT2D eigenvalue weighted by Crippen LogP contribution is 2.18. The quantitative estimate of drug-likeness (QED) is 0.824. The Morgan fingerprint density at radius 1 is 1.15 bits per heavy atom. The van der Waals surface area contributed by atoms with Crippen LogP contribution in [0.2, 0.25) is 0 Å². The molecule has 0 atom stereocenters. The summed E-state index contributed by atoms with van der Waals surface area (Å²) in [5.74, 6) is 0.408. The van der Waals surface area contributed by atoms with Crippen LogP contribution in [-0.4, -0.2) is 60.2 Å². The van der Waals surface area contributed by atoms with E-state index in [4.69, 9.17) is 4.74 Å². The number of amides is 1. The number of anilines is 2. The zero-order valence-electron chi connectivity index (χ0n) is 15.3. The predicted octanol–water partition coefficient (Wildman–Crippen LogP) is 1.90. The number of morpholine rings is 1. The first-order valence-corrected chi connectivity index (χ1v) is 8.86. The minimum Gasteiger partial charge on any atom is -0.379 e. The van der Waals surface area contributed by atoms with Gasteiger partial charge in [-0.15, -0.1) is 0 Å². The summed E-state index contributed by atoms with van der Waals surface area (Å²) in [7, 11) is 0. The fraction of sp³-hybridized carbons (Fsp3) is 0.421. The number of carbonyl (C=O) groups excluding carboxylic acids is 1. The average molecular weight is 355 g/mol. The second kappa shape index (κ2) is 8.73. The monoisotopic (exact) mass is 355 g/mol. The molecule has 1 fully saturated rings. The van der Waals surface area contributed by atoms with Gasteiger partial charge in [0.25, 0.3) is 5.91 Å². The number of nitrogens with one attached hydrogen (secondary N) is 2. The normalized spacial score (nSPS) is 14.8. The zero-order chi connectivity index (χ0) is 18.4. The molecule has 3 rings (SSSR count). The number of carbonyl (C=O) groups is 1. The Morgan fingerprint density at radius 2 is 1.96 bits per heavy atom. The van der Waals surface area contributed by atoms with Gasteiger partial charge in [-0.2, -0.15) is 0 Å². The number of ether oxygens (including phenoxy) is 1. The molecule has 1 aliphatic rings. The molecule has 2 N–H and O–H groups in total. The van der Waals surface area contributed by atoms with Crippen molar-refractivity contribution >= 4 is 17.4 Å². The van der Waals surface area contributed by atoms with Crippen molar-refractivity contribution in [2.24, 2.45) is 0 Å². The second-order valence-corrected chi connectivity index (χ2v) is 6.42. The van der Waals surface area contributed by atoms with E-state index in [1.165, 1.54) is 17.5 Å². The molecule has 7 heteroatoms. The van der Waals surface area contributed by atoms with Crippen molar-refractivity contribution < 1.29 is 9.53 Å². The van der Waals surface area contributed by atoms with E-state index in [0.717, 1.165) is 38.5 Å². The fourth-order valence-corrected chi connectivity index (χ4v) is 2.76. The lowest BCUT2D eigenvalue weighted by molar-refractivity contribution is 0.0383. The lowest BCUT2D eigenvalue weighted by Crippen LogP contribution is -2.41. The first kappa shape index (κ1) is 18.3. The third kappa shape index (κ3) is 5.00. The Hall–Kier alpha value is -2.51. The molecular formula is C19H25N5O2. The van der Waals surface area contributed by atoms with Crippen LogP contribution in [0.25, 0.3) is 0 Å². The van der Waals surface area contributed by atoms with Crippen molar-refractivity contribution in [3.8, 4) is 0 Å². The van der Waals surface area contributed by atoms with Crippen molar-refractivity contribution in [3.63, 3.8) is 0 Å². The first-order valence-electron chi connectivity index (χ1n) is 8.86. The Bertz CT molecular complexity index is 759. The maximum Gasteiger partial charge on any atom is 0.270 e. The van der Waals surface area contributed by atoms with E-state index in [0.29, 0.717) is 18.1 Å². The van der Waals surface area contributed by atoms with Crippen LogP contribution in [0.1, 0.15) is 21.6 Å². The van der Waals surface area contributed by atoms with E-state index < -0.39 is 0 Å². The van der Waals surface area contributed by atoms with Gasteiger partial charge in [-0.1, -0.05) is 6.07 Å². The largest absolute Gasteiger partial charge is 0.379 e. The highest BCUT2D eigenvalue weighted by atomic mass is 16.5. The summed E-state index contributed by atoms with van der Waals surface area (Å²) in [6.07, 6.45) is 1.40. The van der Waals surface area contributed by atoms with Crippen LogP contribution >= 0.6 is 0 Å². The van der Waals surface area contributed by atoms with Crippen LogP contribution in [-0.2, 0) is 4.74 Å². The Kier molecular flexibility index (Phi) is 6.14. The van der Waals surface area contributed by atoms with Crippen molar-refractivity contribution in [2.45, 2.75) is 13.8 Å². The van der Waals surface area contributed by atoms with E-state index in [-0.39, 0.29) is 5.91 Å². The summed E-state index contributed by atoms with van der Waals surface area (Å²) in [5.41, 5.74) is 3.72. The van der Waals surface area contributed by atoms with Gasteiger partial charge in [0, 0.05) is 37.9 Å². The molecule has 7 nitrogen and oxygen atoms in total. The molecule has 0 bridgehead atoms. The predicted molar refractivity (Wildman–Crippen MR) is 101 cm³/mol. The van der Waals surface area contributed by atoms with Crippen molar-refractivity contribution in [3.05, 3.63) is 47.4 Å². The SMILES string of the molecule is Cc1ccc(Nc2cc(C(=O)NCCN3CCOCC3)ncn2)cc1C. The van der Waals surface area contributed by atoms with Gasteiger partial charge in [0.15, 0.2) is 0 Å². The van der Waals surface area contributed by atoms with Crippen LogP contribution in [0.3, 0.4) is 0 Å². The second-order valence-electron chi connectivity index (χ2n) is 6.42. The molecule has 0 saturated carbocycles. The van der Waals surface area contributed by atoms with Gasteiger partial charge in [-0.25, -0.2) is 9.97 Å². The molecule has 1 saturated heterocycles. The summed E-state index contributed by atoms with van der Waals surface area (Å²) in [5, 5.41) is 6.14. The summed E-state index contributed by atoms with van der Waals surface area (Å²) < 4.78 is 5.32. The average Bonchev–Trinajstić information content (AvgIpc) is 2.66. The summed E-state index contributed by atoms with van der Waals surface area (Å²) in [4.78, 5) is 22.9. The van der Waals surface area contributed by atoms with Gasteiger partial charge < -0.3 is 15.4 Å². The summed E-state index contributed by atoms with van der Waals surface area (Å²) in [6, 6.07) is 7.77. The minimum atomic E-state index is -0.191. The Morgan fingerprint density at radius 3 is 2.73 bits per heavy atom. The topological polar surface area (TPSA) is 79.4 Å². The Labute approximate surface area is 153 Å². The lowest BCUT2D eigenvalue weighted by atomic mass is 10.1. The number of hydrogen-bond donors (Lipinski definition) is 2. The molecule has 1 aliphatic heterocycles. The number of aromatic nitrogens is 2. The molecule has 0 unspecified atom stereocenters. The van der Waals surface area contributed by atoms with Crippen LogP contribution in [0, 0.1) is 13.8 Å². The Balaban J connectivity index is 1.55. The third-order valence-electron chi connectivity index (χ3n) is 4.50. The van der Waals surface area contributed by atoms with Crippen molar-refractivity contribution in [1.82, 2.24) is 20.2 Å². The lowest BCUT2D eigenvalue weighted by Gasteiger charge is -2.26. The highest BCUT2D eigenvalue weighted by Gasteiger charge is 2.12. The maximum atomic E-state index is 12.3. The van der Waals surface area contributed by atoms with Gasteiger partial charge in [0.1, 0.15) is 17.8 Å². The molecular weight excluding hydrogens is 330 g/mol. The summed E-state index contributed by atoms with van der Waals surface area (Å²) in [6.45, 7) is 8.87. The van der Waals surface area contributed by atoms with Crippen LogP contribution in [0.4, 0.5) is 11.5 Å². The molecule has 0 aliphatic carbocycles. The van der Waals surface area contributed by atoms with E-state index in [2.05, 4.69) is 51.5 Å². The van der Waals surface area contributed by atoms with E-state index in [1.54, 1.807) is 6.07 Å². The molecule has 2 aromatic rings. The molecule has 26 heavy (non-hydrogen) atoms. The maximum absolute atomic E-state index is 12.3. The first-order chi connectivity index (χ1) is 12.6. The molecule has 1 aromatic carbocycles. The molecule has 1 aromatic heterocycles. The van der Waals surface area contributed by atoms with Crippen LogP contribution in [0.5, 0.6) is 0 Å². The van der Waals surface area contributed by atoms with E-state index in [9.17, 15) is 4.79 Å². The van der Waals surface area contributed by atoms with Crippen molar-refractivity contribution in [2.75, 3.05) is 44.7 Å². The third-order valence-corrected chi connectivity index (χ3v) is 4.50. The van der Waals surface area contributed by atoms with Gasteiger partial charge in [0.05, 0.1) is 13.2 Å². The number of hydrogen-bond acceptors (Lipinski definition) is 6. The number of aryl methyl sites for hydroxylation is 2.